The summed E-state index contributed by atoms with van der Waals surface area (Å²) in [5.41, 5.74) is 11.6. The monoisotopic (exact) mass is 577 g/mol. The van der Waals surface area contributed by atoms with Crippen LogP contribution < -0.4 is 20.7 Å². The van der Waals surface area contributed by atoms with Crippen molar-refractivity contribution in [2.24, 2.45) is 0 Å². The second-order valence-electron chi connectivity index (χ2n) is 10.5. The van der Waals surface area contributed by atoms with Crippen molar-refractivity contribution in [2.75, 3.05) is 24.0 Å². The highest BCUT2D eigenvalue weighted by atomic mass is 35.5. The highest BCUT2D eigenvalue weighted by Crippen LogP contribution is 2.44. The van der Waals surface area contributed by atoms with Gasteiger partial charge >= 0.3 is 5.97 Å². The Kier molecular flexibility index (Phi) is 7.31. The topological polar surface area (TPSA) is 90.0 Å². The van der Waals surface area contributed by atoms with E-state index >= 15 is 0 Å². The molecule has 6 rings (SSSR count). The molecule has 3 atom stereocenters. The zero-order valence-corrected chi connectivity index (χ0v) is 24.2. The number of hydrogen-bond acceptors (Lipinski definition) is 8. The summed E-state index contributed by atoms with van der Waals surface area (Å²) in [5, 5.41) is 15.5. The Morgan fingerprint density at radius 3 is 2.95 bits per heavy atom. The van der Waals surface area contributed by atoms with Crippen molar-refractivity contribution in [2.45, 2.75) is 51.3 Å². The molecule has 0 spiro atoms. The Morgan fingerprint density at radius 2 is 2.15 bits per heavy atom. The Morgan fingerprint density at radius 1 is 1.30 bits per heavy atom. The third-order valence-electron chi connectivity index (χ3n) is 7.97. The van der Waals surface area contributed by atoms with E-state index in [0.29, 0.717) is 11.6 Å². The number of thiophene rings is 1. The summed E-state index contributed by atoms with van der Waals surface area (Å²) >= 11 is 8.62. The molecule has 0 bridgehead atoms. The summed E-state index contributed by atoms with van der Waals surface area (Å²) in [6, 6.07) is 14.3. The highest BCUT2D eigenvalue weighted by molar-refractivity contribution is 7.17. The Labute approximate surface area is 242 Å². The predicted octanol–water partition coefficient (Wildman–Crippen LogP) is 6.57. The lowest BCUT2D eigenvalue weighted by Gasteiger charge is -2.29. The third kappa shape index (κ3) is 4.88. The van der Waals surface area contributed by atoms with Crippen LogP contribution in [0.4, 0.5) is 11.4 Å². The number of carbonyl (C=O) groups is 1. The first-order chi connectivity index (χ1) is 19.3. The molecular formula is C30H32ClN5O3S. The van der Waals surface area contributed by atoms with Gasteiger partial charge in [0.15, 0.2) is 0 Å². The molecule has 0 aliphatic carbocycles. The number of nitrogens with one attached hydrogen (secondary N) is 2. The molecule has 40 heavy (non-hydrogen) atoms. The molecule has 2 aliphatic rings. The van der Waals surface area contributed by atoms with Crippen LogP contribution in [0.2, 0.25) is 5.02 Å². The SMILES string of the molecule is CC[C@@H]1CN(Cc2cc([C@H](CC(=O)O)c3ccc4c(c3Cl)NNN4C)cc3ccsc23)[C@@H](C)c2ncccc2O1. The summed E-state index contributed by atoms with van der Waals surface area (Å²) in [7, 11) is 1.90. The van der Waals surface area contributed by atoms with Crippen LogP contribution >= 0.6 is 22.9 Å². The molecule has 4 heterocycles. The molecule has 8 nitrogen and oxygen atoms in total. The fourth-order valence-corrected chi connectivity index (χ4v) is 7.02. The minimum atomic E-state index is -0.872. The average Bonchev–Trinajstić information content (AvgIpc) is 3.55. The van der Waals surface area contributed by atoms with Crippen LogP contribution in [0.1, 0.15) is 61.0 Å². The van der Waals surface area contributed by atoms with Gasteiger partial charge in [0.05, 0.1) is 34.6 Å². The molecule has 2 aromatic heterocycles. The second-order valence-corrected chi connectivity index (χ2v) is 11.8. The highest BCUT2D eigenvalue weighted by Gasteiger charge is 2.31. The number of hydrazine groups is 2. The van der Waals surface area contributed by atoms with Crippen LogP contribution in [0.3, 0.4) is 0 Å². The first kappa shape index (κ1) is 26.8. The van der Waals surface area contributed by atoms with Gasteiger partial charge in [-0.1, -0.05) is 30.7 Å². The number of nitrogens with zero attached hydrogens (tertiary/aromatic N) is 3. The van der Waals surface area contributed by atoms with Crippen molar-refractivity contribution in [1.29, 1.82) is 0 Å². The molecule has 3 N–H and O–H groups in total. The number of benzene rings is 2. The maximum absolute atomic E-state index is 12.1. The molecule has 2 aliphatic heterocycles. The zero-order chi connectivity index (χ0) is 28.0. The maximum atomic E-state index is 12.1. The van der Waals surface area contributed by atoms with Gasteiger partial charge < -0.3 is 15.3 Å². The lowest BCUT2D eigenvalue weighted by atomic mass is 9.86. The van der Waals surface area contributed by atoms with Gasteiger partial charge in [-0.2, -0.15) is 0 Å². The van der Waals surface area contributed by atoms with Gasteiger partial charge in [-0.25, -0.2) is 0 Å². The lowest BCUT2D eigenvalue weighted by Crippen LogP contribution is -2.34. The molecule has 208 valence electrons. The molecule has 0 amide bonds. The number of halogens is 1. The second kappa shape index (κ2) is 10.9. The number of carboxylic acid groups (broad SMARTS) is 1. The van der Waals surface area contributed by atoms with Gasteiger partial charge in [0.1, 0.15) is 11.9 Å². The van der Waals surface area contributed by atoms with E-state index < -0.39 is 11.9 Å². The van der Waals surface area contributed by atoms with Crippen molar-refractivity contribution in [3.8, 4) is 5.75 Å². The van der Waals surface area contributed by atoms with Crippen LogP contribution in [0.15, 0.2) is 54.0 Å². The average molecular weight is 578 g/mol. The van der Waals surface area contributed by atoms with Crippen LogP contribution in [0.5, 0.6) is 5.75 Å². The van der Waals surface area contributed by atoms with Crippen molar-refractivity contribution in [3.63, 3.8) is 0 Å². The minimum Gasteiger partial charge on any atom is -0.487 e. The number of rotatable bonds is 7. The van der Waals surface area contributed by atoms with Crippen LogP contribution in [0.25, 0.3) is 10.1 Å². The lowest BCUT2D eigenvalue weighted by molar-refractivity contribution is -0.137. The van der Waals surface area contributed by atoms with Gasteiger partial charge in [-0.05, 0) is 71.1 Å². The summed E-state index contributed by atoms with van der Waals surface area (Å²) in [6.45, 7) is 5.78. The number of fused-ring (bicyclic) bond motifs is 3. The van der Waals surface area contributed by atoms with Gasteiger partial charge in [-0.15, -0.1) is 16.9 Å². The van der Waals surface area contributed by atoms with E-state index in [1.54, 1.807) is 11.3 Å². The van der Waals surface area contributed by atoms with E-state index in [0.717, 1.165) is 57.9 Å². The van der Waals surface area contributed by atoms with E-state index in [4.69, 9.17) is 16.3 Å². The van der Waals surface area contributed by atoms with E-state index in [9.17, 15) is 9.90 Å². The number of pyridine rings is 1. The van der Waals surface area contributed by atoms with E-state index in [-0.39, 0.29) is 18.6 Å². The largest absolute Gasteiger partial charge is 0.487 e. The molecular weight excluding hydrogens is 546 g/mol. The fraction of sp³-hybridized carbons (Fsp3) is 0.333. The van der Waals surface area contributed by atoms with Crippen molar-refractivity contribution in [1.82, 2.24) is 15.4 Å². The van der Waals surface area contributed by atoms with E-state index in [1.807, 2.05) is 42.5 Å². The number of aromatic nitrogens is 1. The third-order valence-corrected chi connectivity index (χ3v) is 9.38. The fourth-order valence-electron chi connectivity index (χ4n) is 5.79. The zero-order valence-electron chi connectivity index (χ0n) is 22.6. The number of aliphatic carboxylic acids is 1. The maximum Gasteiger partial charge on any atom is 0.304 e. The molecule has 0 fully saturated rings. The Bertz CT molecular complexity index is 1580. The number of ether oxygens (including phenoxy) is 1. The molecule has 0 saturated heterocycles. The van der Waals surface area contributed by atoms with E-state index in [1.165, 1.54) is 4.70 Å². The number of carboxylic acids is 1. The first-order valence-corrected chi connectivity index (χ1v) is 14.7. The van der Waals surface area contributed by atoms with E-state index in [2.05, 4.69) is 58.3 Å². The first-order valence-electron chi connectivity index (χ1n) is 13.5. The van der Waals surface area contributed by atoms with Gasteiger partial charge in [-0.3, -0.25) is 19.7 Å². The van der Waals surface area contributed by atoms with Crippen molar-refractivity contribution in [3.05, 3.63) is 81.4 Å². The standard InChI is InChI=1S/C30H32ClN5O3S/c1-4-21-16-36(17(2)28-25(39-21)6-5-10-32-28)15-20-13-19(12-18-9-11-40-30(18)20)23(14-26(37)38)22-7-8-24-29(27(22)31)33-34-35(24)3/h5-13,17,21,23,33-34H,4,14-16H2,1-3H3,(H,37,38)/t17-,21+,23-/m0/s1. The Hall–Kier alpha value is -3.37. The summed E-state index contributed by atoms with van der Waals surface area (Å²) in [4.78, 5) is 19.2. The number of anilines is 2. The molecule has 2 aromatic carbocycles. The predicted molar refractivity (Wildman–Crippen MR) is 160 cm³/mol. The van der Waals surface area contributed by atoms with Gasteiger partial charge in [0.2, 0.25) is 0 Å². The van der Waals surface area contributed by atoms with Crippen molar-refractivity contribution >= 4 is 50.4 Å². The molecule has 10 heteroatoms. The molecule has 4 aromatic rings. The quantitative estimate of drug-likeness (QED) is 0.227. The molecule has 0 radical (unpaired) electrons. The van der Waals surface area contributed by atoms with Crippen molar-refractivity contribution < 1.29 is 14.6 Å². The summed E-state index contributed by atoms with van der Waals surface area (Å²) < 4.78 is 7.55. The minimum absolute atomic E-state index is 0.0547. The van der Waals surface area contributed by atoms with Crippen LogP contribution in [-0.2, 0) is 11.3 Å². The Balaban J connectivity index is 1.42. The van der Waals surface area contributed by atoms with Gasteiger partial charge in [0, 0.05) is 37.0 Å². The molecule has 0 saturated carbocycles. The van der Waals surface area contributed by atoms with Crippen LogP contribution in [0, 0.1) is 0 Å². The molecule has 0 unspecified atom stereocenters. The summed E-state index contributed by atoms with van der Waals surface area (Å²) in [5.74, 6) is -0.439. The number of hydrogen-bond donors (Lipinski definition) is 3. The van der Waals surface area contributed by atoms with Gasteiger partial charge in [0.25, 0.3) is 0 Å². The normalized spacial score (nSPS) is 19.4. The smallest absolute Gasteiger partial charge is 0.304 e. The summed E-state index contributed by atoms with van der Waals surface area (Å²) in [6.07, 6.45) is 2.70. The van der Waals surface area contributed by atoms with Crippen LogP contribution in [-0.4, -0.2) is 40.7 Å².